The molecule has 0 aliphatic carbocycles. The summed E-state index contributed by atoms with van der Waals surface area (Å²) in [5, 5.41) is 0. The quantitative estimate of drug-likeness (QED) is 0.347. The van der Waals surface area contributed by atoms with Crippen molar-refractivity contribution in [2.24, 2.45) is 5.73 Å². The molecule has 10 heteroatoms. The highest BCUT2D eigenvalue weighted by Gasteiger charge is 2.39. The molecule has 1 rings (SSSR count). The van der Waals surface area contributed by atoms with Crippen LogP contribution in [0.3, 0.4) is 0 Å². The summed E-state index contributed by atoms with van der Waals surface area (Å²) >= 11 is 0. The van der Waals surface area contributed by atoms with Crippen LogP contribution in [0.1, 0.15) is 46.6 Å². The Morgan fingerprint density at radius 3 is 2.21 bits per heavy atom. The lowest BCUT2D eigenvalue weighted by Gasteiger charge is -2.30. The number of nitrogens with two attached hydrogens (primary N) is 1. The lowest BCUT2D eigenvalue weighted by atomic mass is 10.0. The molecule has 0 saturated carbocycles. The van der Waals surface area contributed by atoms with E-state index in [1.165, 1.54) is 6.08 Å². The molecule has 1 aromatic carbocycles. The zero-order valence-electron chi connectivity index (χ0n) is 19.8. The fourth-order valence-corrected chi connectivity index (χ4v) is 2.84. The lowest BCUT2D eigenvalue weighted by Crippen LogP contribution is -2.51. The minimum Gasteiger partial charge on any atom is -0.467 e. The number of carbonyl (C=O) groups is 4. The third-order valence-corrected chi connectivity index (χ3v) is 4.11. The zero-order valence-corrected chi connectivity index (χ0v) is 19.8. The molecule has 10 nitrogen and oxygen atoms in total. The number of carbonyl (C=O) groups excluding carboxylic acids is 4. The molecule has 0 bridgehead atoms. The van der Waals surface area contributed by atoms with Crippen molar-refractivity contribution in [3.8, 4) is 0 Å². The summed E-state index contributed by atoms with van der Waals surface area (Å²) in [5.41, 5.74) is 5.30. The Morgan fingerprint density at radius 2 is 1.70 bits per heavy atom. The first kappa shape index (κ1) is 27.5. The highest BCUT2D eigenvalue weighted by Crippen LogP contribution is 2.20. The van der Waals surface area contributed by atoms with Gasteiger partial charge in [0.05, 0.1) is 7.11 Å². The van der Waals surface area contributed by atoms with E-state index in [-0.39, 0.29) is 13.0 Å². The number of imide groups is 1. The fourth-order valence-electron chi connectivity index (χ4n) is 2.84. The number of ether oxygens (including phenoxy) is 4. The Labute approximate surface area is 193 Å². The van der Waals surface area contributed by atoms with E-state index < -0.39 is 42.0 Å². The van der Waals surface area contributed by atoms with E-state index in [1.807, 2.05) is 6.07 Å². The maximum atomic E-state index is 12.9. The van der Waals surface area contributed by atoms with E-state index in [9.17, 15) is 19.2 Å². The zero-order chi connectivity index (χ0) is 25.2. The van der Waals surface area contributed by atoms with Gasteiger partial charge in [-0.3, -0.25) is 0 Å². The molecule has 3 amide bonds. The number of benzene rings is 1. The Hall–Kier alpha value is -3.56. The van der Waals surface area contributed by atoms with Gasteiger partial charge in [-0.15, -0.1) is 0 Å². The summed E-state index contributed by atoms with van der Waals surface area (Å²) in [5.74, 6) is -0.853. The molecule has 33 heavy (non-hydrogen) atoms. The average molecular weight is 465 g/mol. The molecule has 0 saturated heterocycles. The van der Waals surface area contributed by atoms with E-state index >= 15 is 0 Å². The van der Waals surface area contributed by atoms with Gasteiger partial charge in [-0.1, -0.05) is 35.9 Å². The van der Waals surface area contributed by atoms with Crippen LogP contribution in [-0.2, 0) is 30.3 Å². The number of methoxy groups -OCH3 is 1. The number of hydrogen-bond acceptors (Lipinski definition) is 8. The largest absolute Gasteiger partial charge is 0.467 e. The number of hydrogen-bond donors (Lipinski definition) is 1. The molecule has 0 unspecified atom stereocenters. The van der Waals surface area contributed by atoms with E-state index in [0.29, 0.717) is 16.0 Å². The second kappa shape index (κ2) is 12.5. The highest BCUT2D eigenvalue weighted by molar-refractivity contribution is 5.94. The van der Waals surface area contributed by atoms with Gasteiger partial charge in [0.1, 0.15) is 24.4 Å². The number of primary amides is 1. The van der Waals surface area contributed by atoms with Crippen molar-refractivity contribution in [1.29, 1.82) is 0 Å². The van der Waals surface area contributed by atoms with Gasteiger partial charge in [0.2, 0.25) is 0 Å². The molecular weight excluding hydrogens is 432 g/mol. The van der Waals surface area contributed by atoms with Crippen molar-refractivity contribution in [2.75, 3.05) is 7.11 Å². The van der Waals surface area contributed by atoms with Gasteiger partial charge in [0.15, 0.2) is 0 Å². The summed E-state index contributed by atoms with van der Waals surface area (Å²) < 4.78 is 20.3. The third kappa shape index (κ3) is 10.1. The van der Waals surface area contributed by atoms with E-state index in [1.54, 1.807) is 58.9 Å². The molecule has 0 aliphatic rings. The van der Waals surface area contributed by atoms with Crippen LogP contribution in [0, 0.1) is 0 Å². The van der Waals surface area contributed by atoms with E-state index in [0.717, 1.165) is 7.11 Å². The molecule has 0 aliphatic heterocycles. The summed E-state index contributed by atoms with van der Waals surface area (Å²) in [6.45, 7) is 7.96. The standard InChI is InChI=1S/C23H32N2O8/c1-15(12-16(2)32-20(24)27)13-18(19(26)30-6)25(22(29)33-23(3,4)5)21(28)31-14-17-10-8-7-9-11-17/h7-12,16,18H,13-14H2,1-6H3,(H2,24,27)/b15-12+/t16-,18-/m0/s1. The van der Waals surface area contributed by atoms with Gasteiger partial charge in [-0.25, -0.2) is 19.2 Å². The van der Waals surface area contributed by atoms with E-state index in [4.69, 9.17) is 24.7 Å². The van der Waals surface area contributed by atoms with Crippen LogP contribution in [0.5, 0.6) is 0 Å². The molecule has 0 heterocycles. The Kier molecular flexibility index (Phi) is 10.4. The SMILES string of the molecule is COC(=O)[C@H](C/C(C)=C/[C@H](C)OC(N)=O)N(C(=O)OCc1ccccc1)C(=O)OC(C)(C)C. The van der Waals surface area contributed by atoms with Gasteiger partial charge in [-0.05, 0) is 46.3 Å². The average Bonchev–Trinajstić information content (AvgIpc) is 2.69. The number of rotatable bonds is 8. The highest BCUT2D eigenvalue weighted by atomic mass is 16.6. The van der Waals surface area contributed by atoms with Crippen molar-refractivity contribution in [3.63, 3.8) is 0 Å². The topological polar surface area (TPSA) is 134 Å². The van der Waals surface area contributed by atoms with Crippen LogP contribution in [0.15, 0.2) is 42.0 Å². The van der Waals surface area contributed by atoms with Gasteiger partial charge in [-0.2, -0.15) is 4.90 Å². The lowest BCUT2D eigenvalue weighted by molar-refractivity contribution is -0.146. The van der Waals surface area contributed by atoms with Crippen molar-refractivity contribution >= 4 is 24.2 Å². The normalized spacial score (nSPS) is 13.3. The Balaban J connectivity index is 3.22. The fraction of sp³-hybridized carbons (Fsp3) is 0.478. The van der Waals surface area contributed by atoms with Crippen molar-refractivity contribution < 1.29 is 38.1 Å². The molecule has 2 atom stereocenters. The molecule has 2 N–H and O–H groups in total. The van der Waals surface area contributed by atoms with E-state index in [2.05, 4.69) is 0 Å². The Morgan fingerprint density at radius 1 is 1.09 bits per heavy atom. The number of esters is 1. The Bertz CT molecular complexity index is 861. The number of amides is 3. The van der Waals surface area contributed by atoms with Crippen LogP contribution in [0.4, 0.5) is 14.4 Å². The molecule has 0 radical (unpaired) electrons. The van der Waals surface area contributed by atoms with Crippen LogP contribution in [0.2, 0.25) is 0 Å². The van der Waals surface area contributed by atoms with Crippen molar-refractivity contribution in [3.05, 3.63) is 47.5 Å². The van der Waals surface area contributed by atoms with Crippen LogP contribution >= 0.6 is 0 Å². The first-order chi connectivity index (χ1) is 15.3. The molecule has 0 aromatic heterocycles. The van der Waals surface area contributed by atoms with Gasteiger partial charge >= 0.3 is 24.2 Å². The molecular formula is C23H32N2O8. The third-order valence-electron chi connectivity index (χ3n) is 4.11. The molecule has 182 valence electrons. The monoisotopic (exact) mass is 464 g/mol. The summed E-state index contributed by atoms with van der Waals surface area (Å²) in [6, 6.07) is 7.46. The summed E-state index contributed by atoms with van der Waals surface area (Å²) in [7, 11) is 1.13. The van der Waals surface area contributed by atoms with Crippen LogP contribution < -0.4 is 5.73 Å². The van der Waals surface area contributed by atoms with Crippen molar-refractivity contribution in [2.45, 2.75) is 65.4 Å². The van der Waals surface area contributed by atoms with Crippen LogP contribution in [-0.4, -0.2) is 54.0 Å². The van der Waals surface area contributed by atoms with Gasteiger partial charge < -0.3 is 24.7 Å². The minimum absolute atomic E-state index is 0.112. The maximum absolute atomic E-state index is 12.9. The van der Waals surface area contributed by atoms with Crippen LogP contribution in [0.25, 0.3) is 0 Å². The summed E-state index contributed by atoms with van der Waals surface area (Å²) in [4.78, 5) is 50.0. The smallest absolute Gasteiger partial charge is 0.420 e. The predicted octanol–water partition coefficient (Wildman–Crippen LogP) is 3.92. The van der Waals surface area contributed by atoms with Gasteiger partial charge in [0.25, 0.3) is 0 Å². The first-order valence-corrected chi connectivity index (χ1v) is 10.3. The van der Waals surface area contributed by atoms with Gasteiger partial charge in [0, 0.05) is 6.42 Å². The maximum Gasteiger partial charge on any atom is 0.420 e. The predicted molar refractivity (Wildman–Crippen MR) is 119 cm³/mol. The molecule has 0 fully saturated rings. The molecule has 0 spiro atoms. The number of nitrogens with zero attached hydrogens (tertiary/aromatic N) is 1. The second-order valence-corrected chi connectivity index (χ2v) is 8.29. The minimum atomic E-state index is -1.38. The summed E-state index contributed by atoms with van der Waals surface area (Å²) in [6.07, 6.45) is -2.37. The van der Waals surface area contributed by atoms with Crippen molar-refractivity contribution in [1.82, 2.24) is 4.90 Å². The first-order valence-electron chi connectivity index (χ1n) is 10.3. The second-order valence-electron chi connectivity index (χ2n) is 8.29. The molecule has 1 aromatic rings.